The van der Waals surface area contributed by atoms with Crippen molar-refractivity contribution in [3.05, 3.63) is 21.9 Å². The number of hydrogen-bond donors (Lipinski definition) is 2. The van der Waals surface area contributed by atoms with Gasteiger partial charge < -0.3 is 10.6 Å². The molecule has 18 heavy (non-hydrogen) atoms. The third-order valence-corrected chi connectivity index (χ3v) is 3.99. The topological polar surface area (TPSA) is 58.2 Å². The maximum absolute atomic E-state index is 11.9. The maximum Gasteiger partial charge on any atom is 0.261 e. The highest BCUT2D eigenvalue weighted by Crippen LogP contribution is 2.17. The molecule has 100 valence electrons. The Bertz CT molecular complexity index is 427. The van der Waals surface area contributed by atoms with E-state index < -0.39 is 0 Å². The van der Waals surface area contributed by atoms with Crippen molar-refractivity contribution in [1.82, 2.24) is 10.6 Å². The van der Waals surface area contributed by atoms with Gasteiger partial charge in [0.15, 0.2) is 5.78 Å². The minimum atomic E-state index is -0.0730. The number of nitrogens with one attached hydrogen (secondary N) is 2. The summed E-state index contributed by atoms with van der Waals surface area (Å²) in [6.45, 7) is 3.37. The molecule has 1 aliphatic rings. The van der Waals surface area contributed by atoms with E-state index in [-0.39, 0.29) is 30.1 Å². The van der Waals surface area contributed by atoms with Crippen molar-refractivity contribution in [1.29, 1.82) is 0 Å². The summed E-state index contributed by atoms with van der Waals surface area (Å²) in [6, 6.07) is 3.63. The monoisotopic (exact) mass is 288 g/mol. The number of thiophene rings is 1. The average Bonchev–Trinajstić information content (AvgIpc) is 2.79. The summed E-state index contributed by atoms with van der Waals surface area (Å²) in [7, 11) is 0. The van der Waals surface area contributed by atoms with E-state index in [2.05, 4.69) is 10.6 Å². The van der Waals surface area contributed by atoms with Crippen LogP contribution in [0.2, 0.25) is 0 Å². The highest BCUT2D eigenvalue weighted by atomic mass is 35.5. The van der Waals surface area contributed by atoms with Gasteiger partial charge in [0.1, 0.15) is 0 Å². The molecular weight excluding hydrogens is 272 g/mol. The van der Waals surface area contributed by atoms with Crippen LogP contribution >= 0.6 is 23.7 Å². The van der Waals surface area contributed by atoms with Gasteiger partial charge in [-0.1, -0.05) is 0 Å². The van der Waals surface area contributed by atoms with Crippen molar-refractivity contribution in [3.8, 4) is 0 Å². The first-order valence-corrected chi connectivity index (χ1v) is 6.61. The number of piperidine rings is 1. The Morgan fingerprint density at radius 2 is 2.11 bits per heavy atom. The van der Waals surface area contributed by atoms with E-state index in [1.165, 1.54) is 18.3 Å². The predicted molar refractivity (Wildman–Crippen MR) is 74.9 cm³/mol. The van der Waals surface area contributed by atoms with Gasteiger partial charge in [-0.05, 0) is 38.4 Å². The lowest BCUT2D eigenvalue weighted by atomic mass is 10.1. The van der Waals surface area contributed by atoms with Crippen molar-refractivity contribution in [2.45, 2.75) is 25.8 Å². The molecule has 0 aliphatic carbocycles. The minimum absolute atomic E-state index is 0. The molecule has 4 nitrogen and oxygen atoms in total. The van der Waals surface area contributed by atoms with Crippen LogP contribution in [-0.2, 0) is 0 Å². The van der Waals surface area contributed by atoms with Gasteiger partial charge in [0.2, 0.25) is 0 Å². The normalized spacial score (nSPS) is 18.8. The zero-order valence-corrected chi connectivity index (χ0v) is 11.8. The fraction of sp³-hybridized carbons (Fsp3) is 0.500. The fourth-order valence-electron chi connectivity index (χ4n) is 1.88. The Labute approximate surface area is 117 Å². The van der Waals surface area contributed by atoms with Gasteiger partial charge in [-0.2, -0.15) is 0 Å². The van der Waals surface area contributed by atoms with Crippen molar-refractivity contribution in [2.75, 3.05) is 13.1 Å². The first-order valence-electron chi connectivity index (χ1n) is 5.79. The second kappa shape index (κ2) is 6.87. The van der Waals surface area contributed by atoms with Gasteiger partial charge in [-0.25, -0.2) is 0 Å². The number of carbonyl (C=O) groups is 2. The van der Waals surface area contributed by atoms with Gasteiger partial charge in [0.05, 0.1) is 9.75 Å². The number of halogens is 1. The largest absolute Gasteiger partial charge is 0.347 e. The summed E-state index contributed by atoms with van der Waals surface area (Å²) in [4.78, 5) is 24.3. The number of amides is 1. The Balaban J connectivity index is 0.00000162. The molecule has 1 saturated heterocycles. The third kappa shape index (κ3) is 3.80. The molecule has 0 spiro atoms. The fourth-order valence-corrected chi connectivity index (χ4v) is 2.69. The number of ketones is 1. The van der Waals surface area contributed by atoms with Crippen LogP contribution in [0.25, 0.3) is 0 Å². The smallest absolute Gasteiger partial charge is 0.261 e. The van der Waals surface area contributed by atoms with E-state index in [0.29, 0.717) is 9.75 Å². The molecule has 0 saturated carbocycles. The van der Waals surface area contributed by atoms with Crippen LogP contribution in [0.15, 0.2) is 12.1 Å². The standard InChI is InChI=1S/C12H16N2O2S.ClH/c1-8(15)10-4-5-11(17-10)12(16)14-9-3-2-6-13-7-9;/h4-5,9,13H,2-3,6-7H2,1H3,(H,14,16);1H/t9-;/m0./s1. The zero-order valence-electron chi connectivity index (χ0n) is 10.2. The maximum atomic E-state index is 11.9. The van der Waals surface area contributed by atoms with Crippen molar-refractivity contribution in [3.63, 3.8) is 0 Å². The lowest BCUT2D eigenvalue weighted by Crippen LogP contribution is -2.45. The number of carbonyl (C=O) groups excluding carboxylic acids is 2. The molecule has 0 unspecified atom stereocenters. The summed E-state index contributed by atoms with van der Waals surface area (Å²) in [5.41, 5.74) is 0. The molecule has 1 aromatic rings. The first-order chi connectivity index (χ1) is 8.16. The van der Waals surface area contributed by atoms with Crippen molar-refractivity contribution < 1.29 is 9.59 Å². The van der Waals surface area contributed by atoms with Crippen molar-refractivity contribution >= 4 is 35.4 Å². The highest BCUT2D eigenvalue weighted by Gasteiger charge is 2.17. The average molecular weight is 289 g/mol. The Hall–Kier alpha value is -0.910. The molecule has 0 bridgehead atoms. The van der Waals surface area contributed by atoms with Crippen LogP contribution in [0, 0.1) is 0 Å². The molecule has 2 N–H and O–H groups in total. The SMILES string of the molecule is CC(=O)c1ccc(C(=O)N[C@H]2CCCNC2)s1.Cl. The molecule has 1 amide bonds. The highest BCUT2D eigenvalue weighted by molar-refractivity contribution is 7.15. The van der Waals surface area contributed by atoms with E-state index in [9.17, 15) is 9.59 Å². The minimum Gasteiger partial charge on any atom is -0.347 e. The third-order valence-electron chi connectivity index (χ3n) is 2.81. The van der Waals surface area contributed by atoms with Gasteiger partial charge in [-0.15, -0.1) is 23.7 Å². The van der Waals surface area contributed by atoms with Crippen molar-refractivity contribution in [2.24, 2.45) is 0 Å². The second-order valence-electron chi connectivity index (χ2n) is 4.24. The number of Topliss-reactive ketones (excluding diaryl/α,β-unsaturated/α-hetero) is 1. The van der Waals surface area contributed by atoms with Gasteiger partial charge in [-0.3, -0.25) is 9.59 Å². The van der Waals surface area contributed by atoms with E-state index in [0.717, 1.165) is 25.9 Å². The molecule has 2 rings (SSSR count). The summed E-state index contributed by atoms with van der Waals surface area (Å²) in [5, 5.41) is 6.23. The number of rotatable bonds is 3. The molecule has 1 aromatic heterocycles. The molecular formula is C12H17ClN2O2S. The second-order valence-corrected chi connectivity index (χ2v) is 5.32. The van der Waals surface area contributed by atoms with Crippen LogP contribution in [0.3, 0.4) is 0 Å². The molecule has 1 fully saturated rings. The van der Waals surface area contributed by atoms with E-state index >= 15 is 0 Å². The molecule has 6 heteroatoms. The molecule has 2 heterocycles. The molecule has 1 aliphatic heterocycles. The van der Waals surface area contributed by atoms with Gasteiger partial charge in [0, 0.05) is 12.6 Å². The predicted octanol–water partition coefficient (Wildman–Crippen LogP) is 1.85. The van der Waals surface area contributed by atoms with E-state index in [1.807, 2.05) is 0 Å². The lowest BCUT2D eigenvalue weighted by molar-refractivity contribution is 0.0934. The molecule has 0 aromatic carbocycles. The quantitative estimate of drug-likeness (QED) is 0.835. The summed E-state index contributed by atoms with van der Waals surface area (Å²) in [5.74, 6) is -0.0652. The first kappa shape index (κ1) is 15.1. The summed E-state index contributed by atoms with van der Waals surface area (Å²) < 4.78 is 0. The van der Waals surface area contributed by atoms with Crippen LogP contribution < -0.4 is 10.6 Å². The number of hydrogen-bond acceptors (Lipinski definition) is 4. The Morgan fingerprint density at radius 1 is 1.39 bits per heavy atom. The van der Waals surface area contributed by atoms with Crippen LogP contribution in [0.4, 0.5) is 0 Å². The Kier molecular flexibility index (Phi) is 5.78. The van der Waals surface area contributed by atoms with E-state index in [4.69, 9.17) is 0 Å². The van der Waals surface area contributed by atoms with Gasteiger partial charge in [0.25, 0.3) is 5.91 Å². The van der Waals surface area contributed by atoms with Gasteiger partial charge >= 0.3 is 0 Å². The summed E-state index contributed by atoms with van der Waals surface area (Å²) >= 11 is 1.26. The lowest BCUT2D eigenvalue weighted by Gasteiger charge is -2.23. The van der Waals surface area contributed by atoms with Crippen LogP contribution in [-0.4, -0.2) is 30.8 Å². The van der Waals surface area contributed by atoms with Crippen LogP contribution in [0.1, 0.15) is 39.1 Å². The zero-order chi connectivity index (χ0) is 12.3. The van der Waals surface area contributed by atoms with E-state index in [1.54, 1.807) is 12.1 Å². The molecule has 0 radical (unpaired) electrons. The Morgan fingerprint density at radius 3 is 2.67 bits per heavy atom. The molecule has 1 atom stereocenters. The summed E-state index contributed by atoms with van der Waals surface area (Å²) in [6.07, 6.45) is 2.11. The van der Waals surface area contributed by atoms with Crippen LogP contribution in [0.5, 0.6) is 0 Å².